The van der Waals surface area contributed by atoms with Crippen molar-refractivity contribution in [3.05, 3.63) is 97.1 Å². The van der Waals surface area contributed by atoms with Crippen molar-refractivity contribution in [2.75, 3.05) is 4.90 Å². The molecule has 34 heavy (non-hydrogen) atoms. The predicted octanol–water partition coefficient (Wildman–Crippen LogP) is 6.41. The third kappa shape index (κ3) is 5.22. The zero-order valence-electron chi connectivity index (χ0n) is 17.2. The summed E-state index contributed by atoms with van der Waals surface area (Å²) < 4.78 is 21.7. The number of carbonyl (C=O) groups excluding carboxylic acids is 2. The minimum atomic E-state index is -0.748. The number of para-hydroxylation sites is 1. The molecule has 1 aliphatic rings. The number of rotatable bonds is 5. The molecule has 0 atom stereocenters. The molecule has 0 unspecified atom stereocenters. The number of hydrogen-bond donors (Lipinski definition) is 1. The van der Waals surface area contributed by atoms with E-state index in [1.165, 1.54) is 24.3 Å². The van der Waals surface area contributed by atoms with Crippen LogP contribution < -0.4 is 15.0 Å². The number of amides is 2. The predicted molar refractivity (Wildman–Crippen MR) is 140 cm³/mol. The Morgan fingerprint density at radius 2 is 1.79 bits per heavy atom. The van der Waals surface area contributed by atoms with Gasteiger partial charge in [0, 0.05) is 4.47 Å². The molecular formula is C24H14Br2ClFN2O3S. The van der Waals surface area contributed by atoms with Gasteiger partial charge in [0.1, 0.15) is 18.0 Å². The fourth-order valence-electron chi connectivity index (χ4n) is 3.21. The van der Waals surface area contributed by atoms with Crippen LogP contribution in [0.4, 0.5) is 10.1 Å². The van der Waals surface area contributed by atoms with Crippen LogP contribution in [0.3, 0.4) is 0 Å². The summed E-state index contributed by atoms with van der Waals surface area (Å²) in [5, 5.41) is 2.51. The number of ether oxygens (including phenoxy) is 1. The average molecular weight is 625 g/mol. The Morgan fingerprint density at radius 1 is 1.09 bits per heavy atom. The Hall–Kier alpha value is -2.59. The van der Waals surface area contributed by atoms with Crippen LogP contribution in [0.15, 0.2) is 75.2 Å². The Kier molecular flexibility index (Phi) is 7.47. The maximum absolute atomic E-state index is 14.3. The van der Waals surface area contributed by atoms with Gasteiger partial charge in [0.15, 0.2) is 10.9 Å². The fraction of sp³-hybridized carbons (Fsp3) is 0.0417. The van der Waals surface area contributed by atoms with Crippen molar-refractivity contribution in [1.82, 2.24) is 5.32 Å². The molecule has 3 aromatic rings. The Labute approximate surface area is 221 Å². The first-order chi connectivity index (χ1) is 16.2. The first kappa shape index (κ1) is 24.5. The summed E-state index contributed by atoms with van der Waals surface area (Å²) in [6.07, 6.45) is 1.36. The topological polar surface area (TPSA) is 58.6 Å². The van der Waals surface area contributed by atoms with Crippen LogP contribution >= 0.6 is 55.7 Å². The maximum atomic E-state index is 14.3. The van der Waals surface area contributed by atoms with Crippen molar-refractivity contribution in [2.24, 2.45) is 0 Å². The second-order valence-corrected chi connectivity index (χ2v) is 9.70. The summed E-state index contributed by atoms with van der Waals surface area (Å²) >= 11 is 18.4. The summed E-state index contributed by atoms with van der Waals surface area (Å²) in [7, 11) is 0. The average Bonchev–Trinajstić information content (AvgIpc) is 2.78. The lowest BCUT2D eigenvalue weighted by molar-refractivity contribution is -0.122. The van der Waals surface area contributed by atoms with Crippen LogP contribution in [-0.4, -0.2) is 16.9 Å². The monoisotopic (exact) mass is 622 g/mol. The zero-order valence-corrected chi connectivity index (χ0v) is 21.9. The van der Waals surface area contributed by atoms with Crippen LogP contribution in [0.5, 0.6) is 5.75 Å². The van der Waals surface area contributed by atoms with Crippen molar-refractivity contribution in [2.45, 2.75) is 6.61 Å². The van der Waals surface area contributed by atoms with Gasteiger partial charge in [0.05, 0.1) is 15.2 Å². The first-order valence-electron chi connectivity index (χ1n) is 9.77. The van der Waals surface area contributed by atoms with Crippen LogP contribution in [0, 0.1) is 5.82 Å². The van der Waals surface area contributed by atoms with Gasteiger partial charge >= 0.3 is 0 Å². The SMILES string of the molecule is O=C1NC(=S)N(c2ccccc2F)C(=O)/C1=C/c1cc(Cl)c(OCc2ccc(Br)cc2)c(Br)c1. The lowest BCUT2D eigenvalue weighted by Crippen LogP contribution is -2.54. The van der Waals surface area contributed by atoms with Crippen molar-refractivity contribution < 1.29 is 18.7 Å². The molecule has 0 aromatic heterocycles. The molecule has 1 N–H and O–H groups in total. The highest BCUT2D eigenvalue weighted by molar-refractivity contribution is 9.10. The van der Waals surface area contributed by atoms with Crippen LogP contribution in [0.2, 0.25) is 5.02 Å². The van der Waals surface area contributed by atoms with E-state index in [1.54, 1.807) is 18.2 Å². The third-order valence-electron chi connectivity index (χ3n) is 4.82. The Balaban J connectivity index is 1.61. The van der Waals surface area contributed by atoms with Gasteiger partial charge in [-0.3, -0.25) is 14.9 Å². The molecule has 3 aromatic carbocycles. The van der Waals surface area contributed by atoms with Crippen LogP contribution in [0.25, 0.3) is 6.08 Å². The number of carbonyl (C=O) groups is 2. The van der Waals surface area contributed by atoms with Gasteiger partial charge in [-0.05, 0) is 81.7 Å². The highest BCUT2D eigenvalue weighted by atomic mass is 79.9. The summed E-state index contributed by atoms with van der Waals surface area (Å²) in [5.41, 5.74) is 1.14. The summed E-state index contributed by atoms with van der Waals surface area (Å²) in [6, 6.07) is 16.6. The maximum Gasteiger partial charge on any atom is 0.270 e. The normalized spacial score (nSPS) is 15.0. The van der Waals surface area contributed by atoms with E-state index in [1.807, 2.05) is 24.3 Å². The van der Waals surface area contributed by atoms with Crippen molar-refractivity contribution >= 4 is 84.4 Å². The third-order valence-corrected chi connectivity index (χ3v) is 6.51. The number of thiocarbonyl (C=S) groups is 1. The molecule has 0 aliphatic carbocycles. The Bertz CT molecular complexity index is 1330. The molecule has 1 saturated heterocycles. The summed E-state index contributed by atoms with van der Waals surface area (Å²) in [4.78, 5) is 26.6. The molecule has 0 spiro atoms. The number of nitrogens with one attached hydrogen (secondary N) is 1. The van der Waals surface area contributed by atoms with Crippen molar-refractivity contribution in [3.8, 4) is 5.75 Å². The smallest absolute Gasteiger partial charge is 0.270 e. The highest BCUT2D eigenvalue weighted by Crippen LogP contribution is 2.36. The molecule has 0 radical (unpaired) electrons. The van der Waals surface area contributed by atoms with Crippen molar-refractivity contribution in [3.63, 3.8) is 0 Å². The molecular weight excluding hydrogens is 611 g/mol. The molecule has 1 aliphatic heterocycles. The van der Waals surface area contributed by atoms with E-state index < -0.39 is 17.6 Å². The van der Waals surface area contributed by atoms with E-state index in [0.717, 1.165) is 14.9 Å². The number of hydrogen-bond acceptors (Lipinski definition) is 4. The molecule has 0 bridgehead atoms. The number of anilines is 1. The molecule has 0 saturated carbocycles. The van der Waals surface area contributed by atoms with Gasteiger partial charge < -0.3 is 4.74 Å². The van der Waals surface area contributed by atoms with E-state index >= 15 is 0 Å². The zero-order chi connectivity index (χ0) is 24.4. The molecule has 5 nitrogen and oxygen atoms in total. The largest absolute Gasteiger partial charge is 0.486 e. The van der Waals surface area contributed by atoms with Gasteiger partial charge in [-0.1, -0.05) is 51.8 Å². The second-order valence-electron chi connectivity index (χ2n) is 7.14. The Morgan fingerprint density at radius 3 is 2.47 bits per heavy atom. The fourth-order valence-corrected chi connectivity index (χ4v) is 4.74. The summed E-state index contributed by atoms with van der Waals surface area (Å²) in [6.45, 7) is 0.294. The summed E-state index contributed by atoms with van der Waals surface area (Å²) in [5.74, 6) is -1.67. The quantitative estimate of drug-likeness (QED) is 0.203. The highest BCUT2D eigenvalue weighted by Gasteiger charge is 2.35. The van der Waals surface area contributed by atoms with E-state index in [2.05, 4.69) is 37.2 Å². The molecule has 1 fully saturated rings. The lowest BCUT2D eigenvalue weighted by Gasteiger charge is -2.29. The molecule has 172 valence electrons. The lowest BCUT2D eigenvalue weighted by atomic mass is 10.1. The molecule has 10 heteroatoms. The minimum Gasteiger partial charge on any atom is -0.486 e. The molecule has 4 rings (SSSR count). The number of benzene rings is 3. The van der Waals surface area contributed by atoms with Crippen LogP contribution in [-0.2, 0) is 16.2 Å². The minimum absolute atomic E-state index is 0.0562. The number of nitrogens with zero attached hydrogens (tertiary/aromatic N) is 1. The van der Waals surface area contributed by atoms with Gasteiger partial charge in [0.25, 0.3) is 11.8 Å². The standard InChI is InChI=1S/C24H14Br2ClFN2O3S/c25-15-7-5-13(6-8-15)12-33-21-17(26)10-14(11-18(21)27)9-16-22(31)29-24(34)30(23(16)32)20-4-2-1-3-19(20)28/h1-11H,12H2,(H,29,31,34)/b16-9+. The van der Waals surface area contributed by atoms with E-state index in [-0.39, 0.29) is 21.4 Å². The van der Waals surface area contributed by atoms with E-state index in [9.17, 15) is 14.0 Å². The van der Waals surface area contributed by atoms with Gasteiger partial charge in [-0.25, -0.2) is 9.29 Å². The molecule has 2 amide bonds. The van der Waals surface area contributed by atoms with Gasteiger partial charge in [-0.2, -0.15) is 0 Å². The van der Waals surface area contributed by atoms with Crippen LogP contribution in [0.1, 0.15) is 11.1 Å². The van der Waals surface area contributed by atoms with Gasteiger partial charge in [-0.15, -0.1) is 0 Å². The van der Waals surface area contributed by atoms with Gasteiger partial charge in [0.2, 0.25) is 0 Å². The molecule has 1 heterocycles. The van der Waals surface area contributed by atoms with Crippen molar-refractivity contribution in [1.29, 1.82) is 0 Å². The first-order valence-corrected chi connectivity index (χ1v) is 12.1. The van der Waals surface area contributed by atoms with E-state index in [4.69, 9.17) is 28.6 Å². The number of halogens is 4. The van der Waals surface area contributed by atoms with E-state index in [0.29, 0.717) is 22.4 Å². The second kappa shape index (κ2) is 10.4.